The lowest BCUT2D eigenvalue weighted by Gasteiger charge is -2.14. The second-order valence-corrected chi connectivity index (χ2v) is 5.65. The van der Waals surface area contributed by atoms with E-state index in [4.69, 9.17) is 9.84 Å². The van der Waals surface area contributed by atoms with E-state index < -0.39 is 5.97 Å². The topological polar surface area (TPSA) is 82.6 Å². The second kappa shape index (κ2) is 6.55. The fourth-order valence-corrected chi connectivity index (χ4v) is 3.00. The number of H-pyrrole nitrogens is 1. The van der Waals surface area contributed by atoms with Gasteiger partial charge in [-0.2, -0.15) is 0 Å². The quantitative estimate of drug-likeness (QED) is 0.847. The van der Waals surface area contributed by atoms with E-state index in [0.29, 0.717) is 18.0 Å². The van der Waals surface area contributed by atoms with E-state index in [1.807, 2.05) is 24.3 Å². The molecule has 112 valence electrons. The van der Waals surface area contributed by atoms with Crippen LogP contribution in [-0.2, 0) is 11.3 Å². The Bertz CT molecular complexity index is 692. The summed E-state index contributed by atoms with van der Waals surface area (Å²) in [5.74, 6) is -0.243. The molecule has 0 amide bonds. The van der Waals surface area contributed by atoms with Crippen LogP contribution in [0.1, 0.15) is 4.88 Å². The van der Waals surface area contributed by atoms with Gasteiger partial charge in [-0.15, -0.1) is 0 Å². The molecule has 6 nitrogen and oxygen atoms in total. The van der Waals surface area contributed by atoms with Gasteiger partial charge in [0.05, 0.1) is 19.3 Å². The Morgan fingerprint density at radius 3 is 2.81 bits per heavy atom. The van der Waals surface area contributed by atoms with Crippen molar-refractivity contribution in [2.75, 3.05) is 20.7 Å². The summed E-state index contributed by atoms with van der Waals surface area (Å²) in [6.45, 7) is 0.292. The third-order valence-electron chi connectivity index (χ3n) is 2.92. The Morgan fingerprint density at radius 1 is 1.43 bits per heavy atom. The molecule has 0 bridgehead atoms. The van der Waals surface area contributed by atoms with Crippen LogP contribution in [0.15, 0.2) is 29.1 Å². The summed E-state index contributed by atoms with van der Waals surface area (Å²) in [6.07, 6.45) is 0. The van der Waals surface area contributed by atoms with Crippen LogP contribution in [0, 0.1) is 0 Å². The van der Waals surface area contributed by atoms with Crippen LogP contribution >= 0.6 is 11.3 Å². The minimum atomic E-state index is -0.903. The fraction of sp³-hybridized carbons (Fsp3) is 0.286. The highest BCUT2D eigenvalue weighted by Crippen LogP contribution is 2.31. The number of para-hydroxylation sites is 1. The van der Waals surface area contributed by atoms with Gasteiger partial charge in [0.2, 0.25) is 0 Å². The number of carboxylic acid groups (broad SMARTS) is 1. The minimum Gasteiger partial charge on any atom is -0.496 e. The maximum Gasteiger partial charge on any atom is 0.317 e. The number of rotatable bonds is 6. The maximum absolute atomic E-state index is 11.7. The molecule has 0 aliphatic carbocycles. The number of likely N-dealkylation sites (N-methyl/N-ethyl adjacent to an activating group) is 1. The average molecular weight is 308 g/mol. The Hall–Kier alpha value is -2.12. The monoisotopic (exact) mass is 308 g/mol. The molecule has 0 spiro atoms. The summed E-state index contributed by atoms with van der Waals surface area (Å²) >= 11 is 1.08. The van der Waals surface area contributed by atoms with Crippen LogP contribution in [0.3, 0.4) is 0 Å². The molecular formula is C14H16N2O4S. The van der Waals surface area contributed by atoms with Gasteiger partial charge < -0.3 is 14.8 Å². The van der Waals surface area contributed by atoms with Gasteiger partial charge in [0.1, 0.15) is 5.75 Å². The molecule has 0 saturated heterocycles. The average Bonchev–Trinajstić information content (AvgIpc) is 2.78. The van der Waals surface area contributed by atoms with Gasteiger partial charge in [0.15, 0.2) is 0 Å². The Kier molecular flexibility index (Phi) is 4.77. The number of nitrogens with zero attached hydrogens (tertiary/aromatic N) is 1. The predicted octanol–water partition coefficient (Wildman–Crippen LogP) is 1.63. The third-order valence-corrected chi connectivity index (χ3v) is 3.78. The van der Waals surface area contributed by atoms with E-state index in [1.54, 1.807) is 19.1 Å². The number of nitrogens with one attached hydrogen (secondary N) is 1. The van der Waals surface area contributed by atoms with Crippen LogP contribution < -0.4 is 9.61 Å². The number of hydrogen-bond acceptors (Lipinski definition) is 5. The number of aromatic nitrogens is 1. The van der Waals surface area contributed by atoms with Crippen molar-refractivity contribution in [3.63, 3.8) is 0 Å². The van der Waals surface area contributed by atoms with E-state index in [2.05, 4.69) is 4.98 Å². The first-order valence-corrected chi connectivity index (χ1v) is 7.08. The number of aromatic amines is 1. The molecule has 0 aliphatic rings. The van der Waals surface area contributed by atoms with Gasteiger partial charge in [-0.25, -0.2) is 0 Å². The van der Waals surface area contributed by atoms with Crippen molar-refractivity contribution in [2.24, 2.45) is 0 Å². The minimum absolute atomic E-state index is 0.0859. The van der Waals surface area contributed by atoms with E-state index >= 15 is 0 Å². The Labute approximate surface area is 125 Å². The van der Waals surface area contributed by atoms with E-state index in [0.717, 1.165) is 21.8 Å². The normalized spacial score (nSPS) is 10.8. The molecule has 0 unspecified atom stereocenters. The van der Waals surface area contributed by atoms with Gasteiger partial charge in [0, 0.05) is 17.0 Å². The van der Waals surface area contributed by atoms with Gasteiger partial charge >= 0.3 is 10.8 Å². The Balaban J connectivity index is 2.37. The molecule has 1 heterocycles. The van der Waals surface area contributed by atoms with E-state index in [-0.39, 0.29) is 11.4 Å². The van der Waals surface area contributed by atoms with Crippen LogP contribution in [-0.4, -0.2) is 41.7 Å². The first-order valence-electron chi connectivity index (χ1n) is 6.27. The lowest BCUT2D eigenvalue weighted by Crippen LogP contribution is -2.24. The number of carbonyl (C=O) groups is 1. The van der Waals surface area contributed by atoms with Crippen molar-refractivity contribution in [2.45, 2.75) is 6.54 Å². The van der Waals surface area contributed by atoms with E-state index in [9.17, 15) is 9.59 Å². The first-order chi connectivity index (χ1) is 10.0. The molecule has 0 radical (unpaired) electrons. The van der Waals surface area contributed by atoms with Gasteiger partial charge in [-0.1, -0.05) is 23.5 Å². The van der Waals surface area contributed by atoms with Crippen LogP contribution in [0.5, 0.6) is 5.75 Å². The third kappa shape index (κ3) is 3.71. The number of benzene rings is 1. The summed E-state index contributed by atoms with van der Waals surface area (Å²) < 4.78 is 5.31. The number of methoxy groups -OCH3 is 1. The zero-order valence-corrected chi connectivity index (χ0v) is 12.6. The summed E-state index contributed by atoms with van der Waals surface area (Å²) in [5.41, 5.74) is 1.47. The zero-order chi connectivity index (χ0) is 15.4. The molecular weight excluding hydrogens is 292 g/mol. The zero-order valence-electron chi connectivity index (χ0n) is 11.8. The molecule has 0 fully saturated rings. The number of thiazole rings is 1. The second-order valence-electron chi connectivity index (χ2n) is 4.58. The summed E-state index contributed by atoms with van der Waals surface area (Å²) in [5, 5.41) is 8.81. The standard InChI is InChI=1S/C14H16N2O4S/c1-16(8-12(17)18)7-11-13(15-14(19)21-11)9-5-3-4-6-10(9)20-2/h3-6H,7-8H2,1-2H3,(H,15,19)(H,17,18). The van der Waals surface area contributed by atoms with Crippen molar-refractivity contribution < 1.29 is 14.6 Å². The summed E-state index contributed by atoms with van der Waals surface area (Å²) in [4.78, 5) is 27.5. The molecule has 2 rings (SSSR count). The number of ether oxygens (including phenoxy) is 1. The molecule has 0 atom stereocenters. The van der Waals surface area contributed by atoms with Gasteiger partial charge in [0.25, 0.3) is 0 Å². The Morgan fingerprint density at radius 2 is 2.14 bits per heavy atom. The van der Waals surface area contributed by atoms with Crippen molar-refractivity contribution in [1.29, 1.82) is 0 Å². The van der Waals surface area contributed by atoms with Crippen LogP contribution in [0.4, 0.5) is 0 Å². The van der Waals surface area contributed by atoms with Crippen LogP contribution in [0.2, 0.25) is 0 Å². The molecule has 0 aliphatic heterocycles. The molecule has 7 heteroatoms. The smallest absolute Gasteiger partial charge is 0.317 e. The van der Waals surface area contributed by atoms with Gasteiger partial charge in [-0.3, -0.25) is 14.5 Å². The predicted molar refractivity (Wildman–Crippen MR) is 80.9 cm³/mol. The van der Waals surface area contributed by atoms with Crippen LogP contribution in [0.25, 0.3) is 11.3 Å². The fourth-order valence-electron chi connectivity index (χ4n) is 2.07. The summed E-state index contributed by atoms with van der Waals surface area (Å²) in [7, 11) is 3.27. The highest BCUT2D eigenvalue weighted by molar-refractivity contribution is 7.09. The van der Waals surface area contributed by atoms with Gasteiger partial charge in [-0.05, 0) is 19.2 Å². The largest absolute Gasteiger partial charge is 0.496 e. The van der Waals surface area contributed by atoms with Crippen molar-refractivity contribution in [1.82, 2.24) is 9.88 Å². The van der Waals surface area contributed by atoms with Crippen molar-refractivity contribution in [3.05, 3.63) is 38.8 Å². The molecule has 2 N–H and O–H groups in total. The van der Waals surface area contributed by atoms with E-state index in [1.165, 1.54) is 0 Å². The molecule has 21 heavy (non-hydrogen) atoms. The summed E-state index contributed by atoms with van der Waals surface area (Å²) in [6, 6.07) is 7.38. The molecule has 0 saturated carbocycles. The van der Waals surface area contributed by atoms with Crippen molar-refractivity contribution >= 4 is 17.3 Å². The van der Waals surface area contributed by atoms with Crippen molar-refractivity contribution in [3.8, 4) is 17.0 Å². The SMILES string of the molecule is COc1ccccc1-c1[nH]c(=O)sc1CN(C)CC(=O)O. The number of carboxylic acids is 1. The highest BCUT2D eigenvalue weighted by Gasteiger charge is 2.16. The lowest BCUT2D eigenvalue weighted by molar-refractivity contribution is -0.138. The maximum atomic E-state index is 11.7. The number of hydrogen-bond donors (Lipinski definition) is 2. The molecule has 1 aromatic carbocycles. The highest BCUT2D eigenvalue weighted by atomic mass is 32.1. The lowest BCUT2D eigenvalue weighted by atomic mass is 10.1. The molecule has 1 aromatic heterocycles. The first kappa shape index (κ1) is 15.3. The molecule has 2 aromatic rings. The number of aliphatic carboxylic acids is 1.